The lowest BCUT2D eigenvalue weighted by atomic mass is 9.92. The van der Waals surface area contributed by atoms with Crippen LogP contribution in [0, 0.1) is 17.8 Å². The maximum Gasteiger partial charge on any atom is 0.306 e. The van der Waals surface area contributed by atoms with Crippen molar-refractivity contribution in [1.29, 1.82) is 0 Å². The van der Waals surface area contributed by atoms with Gasteiger partial charge in [-0.2, -0.15) is 0 Å². The van der Waals surface area contributed by atoms with Gasteiger partial charge >= 0.3 is 11.9 Å². The molecule has 13 nitrogen and oxygen atoms in total. The quantitative estimate of drug-likeness (QED) is 0.0596. The molecule has 57 heavy (non-hydrogen) atoms. The van der Waals surface area contributed by atoms with Crippen molar-refractivity contribution in [2.75, 3.05) is 26.9 Å². The molecule has 1 aromatic carbocycles. The Morgan fingerprint density at radius 3 is 2.35 bits per heavy atom. The molecule has 0 bridgehead atoms. The zero-order valence-electron chi connectivity index (χ0n) is 35.3. The Balaban J connectivity index is 1.92. The average molecular weight is 814 g/mol. The van der Waals surface area contributed by atoms with Gasteiger partial charge in [-0.3, -0.25) is 28.9 Å². The number of piperidine rings is 1. The first kappa shape index (κ1) is 47.5. The third kappa shape index (κ3) is 15.1. The van der Waals surface area contributed by atoms with E-state index in [0.29, 0.717) is 24.5 Å². The van der Waals surface area contributed by atoms with Crippen molar-refractivity contribution in [3.8, 4) is 0 Å². The van der Waals surface area contributed by atoms with E-state index in [4.69, 9.17) is 9.47 Å². The van der Waals surface area contributed by atoms with Gasteiger partial charge in [0, 0.05) is 37.4 Å². The van der Waals surface area contributed by atoms with E-state index in [1.54, 1.807) is 17.2 Å². The van der Waals surface area contributed by atoms with Gasteiger partial charge in [-0.1, -0.05) is 97.6 Å². The number of carboxylic acid groups (broad SMARTS) is 1. The number of amides is 3. The fourth-order valence-corrected chi connectivity index (χ4v) is 8.09. The fraction of sp³-hybridized carbons (Fsp3) is 0.674. The van der Waals surface area contributed by atoms with Gasteiger partial charge in [-0.25, -0.2) is 4.98 Å². The molecule has 3 amide bonds. The van der Waals surface area contributed by atoms with Crippen molar-refractivity contribution in [3.63, 3.8) is 0 Å². The lowest BCUT2D eigenvalue weighted by Gasteiger charge is -2.40. The van der Waals surface area contributed by atoms with Crippen LogP contribution >= 0.6 is 11.3 Å². The van der Waals surface area contributed by atoms with Crippen molar-refractivity contribution in [2.45, 2.75) is 143 Å². The molecule has 0 saturated carbocycles. The van der Waals surface area contributed by atoms with E-state index in [-0.39, 0.29) is 55.0 Å². The van der Waals surface area contributed by atoms with Gasteiger partial charge in [-0.15, -0.1) is 11.3 Å². The molecule has 1 aliphatic heterocycles. The number of nitrogens with zero attached hydrogens (tertiary/aromatic N) is 3. The number of carboxylic acids is 1. The molecular formula is C43H67N5O8S. The van der Waals surface area contributed by atoms with E-state index in [1.165, 1.54) is 18.3 Å². The topological polar surface area (TPSA) is 167 Å². The van der Waals surface area contributed by atoms with Crippen LogP contribution in [0.5, 0.6) is 0 Å². The molecule has 14 heteroatoms. The Morgan fingerprint density at radius 1 is 1.02 bits per heavy atom. The summed E-state index contributed by atoms with van der Waals surface area (Å²) in [6, 6.07) is 7.47. The number of aromatic nitrogens is 1. The molecule has 3 rings (SSSR count). The number of nitrogens with one attached hydrogen (secondary N) is 2. The highest BCUT2D eigenvalue weighted by atomic mass is 32.1. The molecule has 7 atom stereocenters. The molecule has 0 spiro atoms. The molecule has 2 aromatic rings. The van der Waals surface area contributed by atoms with Crippen LogP contribution in [-0.4, -0.2) is 101 Å². The minimum Gasteiger partial charge on any atom is -0.481 e. The third-order valence-corrected chi connectivity index (χ3v) is 11.9. The summed E-state index contributed by atoms with van der Waals surface area (Å²) in [5.74, 6) is -3.34. The lowest BCUT2D eigenvalue weighted by molar-refractivity contribution is -0.153. The molecule has 2 unspecified atom stereocenters. The zero-order chi connectivity index (χ0) is 42.1. The van der Waals surface area contributed by atoms with Crippen LogP contribution in [0.4, 0.5) is 0 Å². The van der Waals surface area contributed by atoms with Crippen LogP contribution in [0.15, 0.2) is 35.7 Å². The van der Waals surface area contributed by atoms with Crippen molar-refractivity contribution in [1.82, 2.24) is 25.4 Å². The van der Waals surface area contributed by atoms with Crippen LogP contribution in [-0.2, 0) is 35.1 Å². The number of rotatable bonds is 24. The number of ether oxygens (including phenoxy) is 2. The van der Waals surface area contributed by atoms with E-state index in [2.05, 4.69) is 27.4 Å². The summed E-state index contributed by atoms with van der Waals surface area (Å²) >= 11 is 1.18. The summed E-state index contributed by atoms with van der Waals surface area (Å²) in [5.41, 5.74) is 1.08. The van der Waals surface area contributed by atoms with Crippen LogP contribution < -0.4 is 10.6 Å². The van der Waals surface area contributed by atoms with E-state index in [9.17, 15) is 29.1 Å². The van der Waals surface area contributed by atoms with Gasteiger partial charge < -0.3 is 30.1 Å². The van der Waals surface area contributed by atoms with Crippen LogP contribution in [0.25, 0.3) is 0 Å². The molecular weight excluding hydrogens is 747 g/mol. The van der Waals surface area contributed by atoms with Gasteiger partial charge in [0.1, 0.15) is 23.5 Å². The van der Waals surface area contributed by atoms with Crippen LogP contribution in [0.2, 0.25) is 0 Å². The molecule has 1 aromatic heterocycles. The number of likely N-dealkylation sites (N-methyl/N-ethyl adjacent to an activating group) is 1. The fourth-order valence-electron chi connectivity index (χ4n) is 7.25. The standard InChI is InChI=1S/C43H67N5O8S/c1-9-11-17-22-55-27-48(42(52)38(29(5)10-2)46-40(51)35-20-15-16-21-47(35)8)36(28(3)4)25-37(56-31(7)49)41-45-34(26-57-41)39(50)44-33(23-30(6)43(53)54)24-32-18-13-12-14-19-32/h12-14,18-19,26,28-30,33,35-38H,9-11,15-17,20-25,27H2,1-8H3,(H,44,50)(H,46,51)(H,53,54)/t29?,30?,33-,35-,36-,37-,38+/m1/s1. The second-order valence-electron chi connectivity index (χ2n) is 16.0. The zero-order valence-corrected chi connectivity index (χ0v) is 36.1. The van der Waals surface area contributed by atoms with Gasteiger partial charge in [0.05, 0.1) is 12.0 Å². The molecule has 1 aliphatic rings. The van der Waals surface area contributed by atoms with Gasteiger partial charge in [0.15, 0.2) is 6.10 Å². The summed E-state index contributed by atoms with van der Waals surface area (Å²) in [4.78, 5) is 74.8. The predicted octanol–water partition coefficient (Wildman–Crippen LogP) is 6.62. The van der Waals surface area contributed by atoms with E-state index in [1.807, 2.05) is 65.1 Å². The van der Waals surface area contributed by atoms with Crippen LogP contribution in [0.1, 0.15) is 133 Å². The van der Waals surface area contributed by atoms with E-state index < -0.39 is 48.0 Å². The van der Waals surface area contributed by atoms with Crippen molar-refractivity contribution >= 4 is 41.0 Å². The van der Waals surface area contributed by atoms with Crippen LogP contribution in [0.3, 0.4) is 0 Å². The summed E-state index contributed by atoms with van der Waals surface area (Å²) in [5, 5.41) is 17.7. The summed E-state index contributed by atoms with van der Waals surface area (Å²) in [6.45, 7) is 14.3. The number of likely N-dealkylation sites (tertiary alicyclic amines) is 1. The molecule has 2 heterocycles. The number of benzene rings is 1. The lowest BCUT2D eigenvalue weighted by Crippen LogP contribution is -2.59. The predicted molar refractivity (Wildman–Crippen MR) is 222 cm³/mol. The Hall–Kier alpha value is -3.88. The molecule has 0 aliphatic carbocycles. The number of carbonyl (C=O) groups excluding carboxylic acids is 4. The molecule has 1 fully saturated rings. The monoisotopic (exact) mass is 813 g/mol. The van der Waals surface area contributed by atoms with Gasteiger partial charge in [0.25, 0.3) is 5.91 Å². The highest BCUT2D eigenvalue weighted by Gasteiger charge is 2.39. The smallest absolute Gasteiger partial charge is 0.306 e. The second-order valence-corrected chi connectivity index (χ2v) is 16.9. The van der Waals surface area contributed by atoms with Gasteiger partial charge in [0.2, 0.25) is 11.8 Å². The van der Waals surface area contributed by atoms with Gasteiger partial charge in [-0.05, 0) is 63.1 Å². The minimum atomic E-state index is -0.948. The van der Waals surface area contributed by atoms with E-state index >= 15 is 0 Å². The largest absolute Gasteiger partial charge is 0.481 e. The first-order valence-corrected chi connectivity index (χ1v) is 21.6. The van der Waals surface area contributed by atoms with Crippen molar-refractivity contribution in [2.24, 2.45) is 17.8 Å². The number of esters is 1. The Bertz CT molecular complexity index is 1570. The molecule has 3 N–H and O–H groups in total. The second kappa shape index (κ2) is 24.1. The summed E-state index contributed by atoms with van der Waals surface area (Å²) in [7, 11) is 1.94. The van der Waals surface area contributed by atoms with E-state index in [0.717, 1.165) is 50.6 Å². The molecule has 0 radical (unpaired) electrons. The maximum absolute atomic E-state index is 14.8. The van der Waals surface area contributed by atoms with Crippen molar-refractivity contribution in [3.05, 3.63) is 52.0 Å². The first-order chi connectivity index (χ1) is 27.2. The minimum absolute atomic E-state index is 0.00653. The number of unbranched alkanes of at least 4 members (excludes halogenated alkanes) is 2. The SMILES string of the molecule is CCCCCOCN(C(=O)[C@@H](NC(=O)[C@H]1CCCCN1C)C(C)CC)[C@H](C[C@@H](OC(C)=O)c1nc(C(=O)N[C@@H](Cc2ccccc2)CC(C)C(=O)O)cs1)C(C)C. The Kier molecular flexibility index (Phi) is 20.1. The normalized spacial score (nSPS) is 17.8. The Morgan fingerprint density at radius 2 is 1.74 bits per heavy atom. The highest BCUT2D eigenvalue weighted by molar-refractivity contribution is 7.09. The average Bonchev–Trinajstić information content (AvgIpc) is 3.67. The maximum atomic E-state index is 14.8. The summed E-state index contributed by atoms with van der Waals surface area (Å²) < 4.78 is 12.0. The Labute approximate surface area is 343 Å². The van der Waals surface area contributed by atoms with Crippen molar-refractivity contribution < 1.29 is 38.6 Å². The summed E-state index contributed by atoms with van der Waals surface area (Å²) in [6.07, 6.45) is 6.17. The third-order valence-electron chi connectivity index (χ3n) is 10.9. The number of hydrogen-bond donors (Lipinski definition) is 3. The highest BCUT2D eigenvalue weighted by Crippen LogP contribution is 2.32. The number of thiazole rings is 1. The first-order valence-electron chi connectivity index (χ1n) is 20.8. The molecule has 1 saturated heterocycles. The molecule has 318 valence electrons. The number of hydrogen-bond acceptors (Lipinski definition) is 10. The number of carbonyl (C=O) groups is 5. The number of aliphatic carboxylic acids is 1.